The van der Waals surface area contributed by atoms with Gasteiger partial charge in [-0.2, -0.15) is 0 Å². The van der Waals surface area contributed by atoms with Crippen LogP contribution in [0.25, 0.3) is 0 Å². The lowest BCUT2D eigenvalue weighted by molar-refractivity contribution is 0.417. The summed E-state index contributed by atoms with van der Waals surface area (Å²) in [6.07, 6.45) is 3.71. The van der Waals surface area contributed by atoms with Gasteiger partial charge in [-0.15, -0.1) is 10.2 Å². The van der Waals surface area contributed by atoms with Gasteiger partial charge in [-0.3, -0.25) is 4.99 Å². The Morgan fingerprint density at radius 1 is 1.35 bits per heavy atom. The maximum absolute atomic E-state index is 5.98. The van der Waals surface area contributed by atoms with Crippen LogP contribution in [0.3, 0.4) is 0 Å². The van der Waals surface area contributed by atoms with Crippen molar-refractivity contribution in [3.05, 3.63) is 30.1 Å². The van der Waals surface area contributed by atoms with Gasteiger partial charge in [0.15, 0.2) is 11.1 Å². The molecular weight excluding hydrogens is 348 g/mol. The number of para-hydroxylation sites is 2. The highest BCUT2D eigenvalue weighted by Gasteiger charge is 2.12. The highest BCUT2D eigenvalue weighted by molar-refractivity contribution is 7.98. The number of hydrogen-bond donors (Lipinski definition) is 2. The normalized spacial score (nSPS) is 11.8. The van der Waals surface area contributed by atoms with Crippen molar-refractivity contribution in [1.82, 2.24) is 14.8 Å². The van der Waals surface area contributed by atoms with Crippen LogP contribution in [-0.4, -0.2) is 40.6 Å². The van der Waals surface area contributed by atoms with E-state index < -0.39 is 0 Å². The van der Waals surface area contributed by atoms with E-state index in [9.17, 15) is 0 Å². The second-order valence-electron chi connectivity index (χ2n) is 6.30. The van der Waals surface area contributed by atoms with Crippen molar-refractivity contribution in [2.75, 3.05) is 25.2 Å². The molecule has 0 unspecified atom stereocenters. The molecule has 0 bridgehead atoms. The number of nitrogens with two attached hydrogens (primary N) is 1. The first-order valence-corrected chi connectivity index (χ1v) is 9.93. The summed E-state index contributed by atoms with van der Waals surface area (Å²) in [6.45, 7) is 5.95. The molecule has 0 aliphatic carbocycles. The second kappa shape index (κ2) is 10.1. The van der Waals surface area contributed by atoms with E-state index in [-0.39, 0.29) is 0 Å². The molecule has 0 atom stereocenters. The number of ether oxygens (including phenoxy) is 1. The number of benzene rings is 1. The summed E-state index contributed by atoms with van der Waals surface area (Å²) >= 11 is 1.63. The third-order valence-corrected chi connectivity index (χ3v) is 4.40. The van der Waals surface area contributed by atoms with Crippen LogP contribution in [0.1, 0.15) is 26.1 Å². The molecule has 0 aliphatic heterocycles. The fourth-order valence-corrected chi connectivity index (χ4v) is 3.09. The predicted molar refractivity (Wildman–Crippen MR) is 108 cm³/mol. The monoisotopic (exact) mass is 376 g/mol. The molecular formula is C18H28N6OS. The van der Waals surface area contributed by atoms with E-state index in [2.05, 4.69) is 38.9 Å². The first kappa shape index (κ1) is 20.1. The summed E-state index contributed by atoms with van der Waals surface area (Å²) in [4.78, 5) is 4.39. The van der Waals surface area contributed by atoms with Crippen LogP contribution >= 0.6 is 11.8 Å². The van der Waals surface area contributed by atoms with E-state index in [4.69, 9.17) is 10.5 Å². The molecule has 0 saturated carbocycles. The summed E-state index contributed by atoms with van der Waals surface area (Å²) in [5.41, 5.74) is 6.78. The minimum absolute atomic E-state index is 0.378. The maximum Gasteiger partial charge on any atom is 0.193 e. The van der Waals surface area contributed by atoms with E-state index in [1.165, 1.54) is 0 Å². The Morgan fingerprint density at radius 2 is 2.12 bits per heavy atom. The molecule has 0 fully saturated rings. The number of nitrogens with one attached hydrogen (secondary N) is 1. The number of nitrogens with zero attached hydrogens (tertiary/aromatic N) is 4. The van der Waals surface area contributed by atoms with Crippen molar-refractivity contribution < 1.29 is 4.74 Å². The van der Waals surface area contributed by atoms with Crippen molar-refractivity contribution in [2.45, 2.75) is 38.4 Å². The van der Waals surface area contributed by atoms with Gasteiger partial charge in [0, 0.05) is 19.5 Å². The Kier molecular flexibility index (Phi) is 7.77. The van der Waals surface area contributed by atoms with Gasteiger partial charge in [0.25, 0.3) is 0 Å². The molecule has 0 aliphatic rings. The SMILES string of the molecule is COc1ccccc1NC(N)=NCCCc1nnc(SC)n1CC(C)C. The topological polar surface area (TPSA) is 90.3 Å². The Balaban J connectivity index is 1.89. The molecule has 2 aromatic rings. The fourth-order valence-electron chi connectivity index (χ4n) is 2.57. The van der Waals surface area contributed by atoms with Gasteiger partial charge < -0.3 is 20.4 Å². The second-order valence-corrected chi connectivity index (χ2v) is 7.08. The fraction of sp³-hybridized carbons (Fsp3) is 0.500. The Hall–Kier alpha value is -2.22. The molecule has 142 valence electrons. The number of guanidine groups is 1. The molecule has 0 radical (unpaired) electrons. The van der Waals surface area contributed by atoms with Gasteiger partial charge in [0.1, 0.15) is 11.6 Å². The summed E-state index contributed by atoms with van der Waals surface area (Å²) in [7, 11) is 1.63. The summed E-state index contributed by atoms with van der Waals surface area (Å²) < 4.78 is 7.50. The lowest BCUT2D eigenvalue weighted by Crippen LogP contribution is -2.23. The molecule has 0 amide bonds. The van der Waals surface area contributed by atoms with E-state index >= 15 is 0 Å². The van der Waals surface area contributed by atoms with E-state index in [1.54, 1.807) is 18.9 Å². The number of hydrogen-bond acceptors (Lipinski definition) is 5. The molecule has 7 nitrogen and oxygen atoms in total. The quantitative estimate of drug-likeness (QED) is 0.303. The molecule has 2 rings (SSSR count). The number of aliphatic imine (C=N–C) groups is 1. The highest BCUT2D eigenvalue weighted by atomic mass is 32.2. The van der Waals surface area contributed by atoms with E-state index in [1.807, 2.05) is 30.5 Å². The van der Waals surface area contributed by atoms with Crippen molar-refractivity contribution in [2.24, 2.45) is 16.6 Å². The number of rotatable bonds is 9. The number of anilines is 1. The standard InChI is InChI=1S/C18H28N6OS/c1-13(2)12-24-16(22-23-18(24)26-4)10-7-11-20-17(19)21-14-8-5-6-9-15(14)25-3/h5-6,8-9,13H,7,10-12H2,1-4H3,(H3,19,20,21). The lowest BCUT2D eigenvalue weighted by Gasteiger charge is -2.11. The molecule has 1 aromatic carbocycles. The zero-order chi connectivity index (χ0) is 18.9. The number of aromatic nitrogens is 3. The molecule has 26 heavy (non-hydrogen) atoms. The Bertz CT molecular complexity index is 728. The van der Waals surface area contributed by atoms with Crippen molar-refractivity contribution in [1.29, 1.82) is 0 Å². The Morgan fingerprint density at radius 3 is 2.81 bits per heavy atom. The van der Waals surface area contributed by atoms with Crippen LogP contribution in [0.5, 0.6) is 5.75 Å². The van der Waals surface area contributed by atoms with E-state index in [0.29, 0.717) is 18.4 Å². The summed E-state index contributed by atoms with van der Waals surface area (Å²) in [6, 6.07) is 7.61. The zero-order valence-electron chi connectivity index (χ0n) is 15.9. The summed E-state index contributed by atoms with van der Waals surface area (Å²) in [5, 5.41) is 12.6. The number of methoxy groups -OCH3 is 1. The van der Waals surface area contributed by atoms with Gasteiger partial charge in [-0.25, -0.2) is 0 Å². The van der Waals surface area contributed by atoms with E-state index in [0.717, 1.165) is 41.8 Å². The van der Waals surface area contributed by atoms with Gasteiger partial charge in [-0.05, 0) is 30.7 Å². The van der Waals surface area contributed by atoms with Crippen LogP contribution in [0.2, 0.25) is 0 Å². The lowest BCUT2D eigenvalue weighted by atomic mass is 10.2. The third-order valence-electron chi connectivity index (χ3n) is 3.73. The maximum atomic E-state index is 5.98. The predicted octanol–water partition coefficient (Wildman–Crippen LogP) is 3.02. The van der Waals surface area contributed by atoms with Crippen molar-refractivity contribution >= 4 is 23.4 Å². The van der Waals surface area contributed by atoms with Crippen LogP contribution in [0.4, 0.5) is 5.69 Å². The smallest absolute Gasteiger partial charge is 0.193 e. The van der Waals surface area contributed by atoms with Gasteiger partial charge in [0.05, 0.1) is 12.8 Å². The van der Waals surface area contributed by atoms with Crippen molar-refractivity contribution in [3.63, 3.8) is 0 Å². The minimum Gasteiger partial charge on any atom is -0.495 e. The zero-order valence-corrected chi connectivity index (χ0v) is 16.7. The van der Waals surface area contributed by atoms with Crippen molar-refractivity contribution in [3.8, 4) is 5.75 Å². The van der Waals surface area contributed by atoms with Crippen LogP contribution in [0.15, 0.2) is 34.4 Å². The van der Waals surface area contributed by atoms with Crippen LogP contribution in [-0.2, 0) is 13.0 Å². The van der Waals surface area contributed by atoms with Gasteiger partial charge in [-0.1, -0.05) is 37.7 Å². The first-order valence-electron chi connectivity index (χ1n) is 8.71. The first-order chi connectivity index (χ1) is 12.5. The molecule has 1 aromatic heterocycles. The molecule has 8 heteroatoms. The summed E-state index contributed by atoms with van der Waals surface area (Å²) in [5.74, 6) is 2.67. The number of thioether (sulfide) groups is 1. The Labute approximate surface area is 159 Å². The largest absolute Gasteiger partial charge is 0.495 e. The third kappa shape index (κ3) is 5.66. The number of aryl methyl sites for hydroxylation is 1. The highest BCUT2D eigenvalue weighted by Crippen LogP contribution is 2.22. The minimum atomic E-state index is 0.378. The van der Waals surface area contributed by atoms with Crippen LogP contribution < -0.4 is 15.8 Å². The van der Waals surface area contributed by atoms with Gasteiger partial charge in [0.2, 0.25) is 0 Å². The molecule has 1 heterocycles. The average molecular weight is 377 g/mol. The molecule has 0 saturated heterocycles. The molecule has 3 N–H and O–H groups in total. The average Bonchev–Trinajstić information content (AvgIpc) is 3.00. The van der Waals surface area contributed by atoms with Gasteiger partial charge >= 0.3 is 0 Å². The molecule has 0 spiro atoms. The van der Waals surface area contributed by atoms with Crippen LogP contribution in [0, 0.1) is 5.92 Å².